The number of amides is 1. The van der Waals surface area contributed by atoms with E-state index in [1.165, 1.54) is 10.4 Å². The second-order valence-electron chi connectivity index (χ2n) is 5.81. The highest BCUT2D eigenvalue weighted by Gasteiger charge is 2.27. The summed E-state index contributed by atoms with van der Waals surface area (Å²) in [6.07, 6.45) is 5.06. The molecule has 2 aliphatic rings. The van der Waals surface area contributed by atoms with Gasteiger partial charge >= 0.3 is 0 Å². The van der Waals surface area contributed by atoms with Crippen molar-refractivity contribution in [3.05, 3.63) is 16.0 Å². The Labute approximate surface area is 123 Å². The largest absolute Gasteiger partial charge is 0.315 e. The van der Waals surface area contributed by atoms with Crippen molar-refractivity contribution in [2.75, 3.05) is 11.9 Å². The van der Waals surface area contributed by atoms with E-state index >= 15 is 0 Å². The number of anilines is 1. The molecule has 1 amide bonds. The molecule has 0 bridgehead atoms. The first kappa shape index (κ1) is 13.6. The van der Waals surface area contributed by atoms with Crippen molar-refractivity contribution in [3.63, 3.8) is 0 Å². The van der Waals surface area contributed by atoms with Gasteiger partial charge in [-0.25, -0.2) is 0 Å². The van der Waals surface area contributed by atoms with E-state index in [0.29, 0.717) is 11.5 Å². The number of carbonyl (C=O) groups excluding carboxylic acids is 1. The summed E-state index contributed by atoms with van der Waals surface area (Å²) in [5.41, 5.74) is 1.87. The molecule has 0 saturated carbocycles. The average Bonchev–Trinajstić information content (AvgIpc) is 3.04. The zero-order valence-corrected chi connectivity index (χ0v) is 12.5. The topological polar surface area (TPSA) is 64.9 Å². The maximum atomic E-state index is 12.2. The van der Waals surface area contributed by atoms with Crippen LogP contribution in [0.1, 0.15) is 42.2 Å². The van der Waals surface area contributed by atoms with Crippen LogP contribution in [-0.4, -0.2) is 18.5 Å². The van der Waals surface area contributed by atoms with Crippen LogP contribution in [0.5, 0.6) is 0 Å². The summed E-state index contributed by atoms with van der Waals surface area (Å²) in [6, 6.07) is 2.19. The minimum Gasteiger partial charge on any atom is -0.315 e. The van der Waals surface area contributed by atoms with E-state index in [0.717, 1.165) is 43.6 Å². The molecule has 20 heavy (non-hydrogen) atoms. The number of carbonyl (C=O) groups is 1. The monoisotopic (exact) mass is 289 g/mol. The molecule has 106 valence electrons. The van der Waals surface area contributed by atoms with Gasteiger partial charge in [0.1, 0.15) is 11.1 Å². The van der Waals surface area contributed by atoms with Crippen LogP contribution in [-0.2, 0) is 17.6 Å². The fraction of sp³-hybridized carbons (Fsp3) is 0.600. The zero-order chi connectivity index (χ0) is 14.1. The highest BCUT2D eigenvalue weighted by Crippen LogP contribution is 2.39. The molecule has 1 aliphatic carbocycles. The van der Waals surface area contributed by atoms with Gasteiger partial charge in [0.15, 0.2) is 0 Å². The summed E-state index contributed by atoms with van der Waals surface area (Å²) >= 11 is 1.60. The lowest BCUT2D eigenvalue weighted by atomic mass is 9.88. The maximum Gasteiger partial charge on any atom is 0.242 e. The second kappa shape index (κ2) is 5.55. The normalized spacial score (nSPS) is 25.0. The third-order valence-corrected chi connectivity index (χ3v) is 5.41. The Bertz CT molecular complexity index is 566. The van der Waals surface area contributed by atoms with E-state index in [1.807, 2.05) is 0 Å². The minimum absolute atomic E-state index is 0.00523. The zero-order valence-electron chi connectivity index (χ0n) is 11.7. The molecule has 2 atom stereocenters. The molecule has 4 nitrogen and oxygen atoms in total. The molecule has 3 rings (SSSR count). The SMILES string of the molecule is CC1CCc2c(sc(NC(=O)C3CCCN3)c2C#N)C1. The van der Waals surface area contributed by atoms with Gasteiger partial charge in [-0.1, -0.05) is 6.92 Å². The molecule has 1 saturated heterocycles. The quantitative estimate of drug-likeness (QED) is 0.879. The van der Waals surface area contributed by atoms with Crippen molar-refractivity contribution in [2.24, 2.45) is 5.92 Å². The predicted octanol–water partition coefficient (Wildman–Crippen LogP) is 2.44. The summed E-state index contributed by atoms with van der Waals surface area (Å²) in [7, 11) is 0. The molecule has 0 spiro atoms. The van der Waals surface area contributed by atoms with Crippen LogP contribution in [0, 0.1) is 17.2 Å². The third kappa shape index (κ3) is 2.46. The van der Waals surface area contributed by atoms with E-state index in [2.05, 4.69) is 23.6 Å². The summed E-state index contributed by atoms with van der Waals surface area (Å²) < 4.78 is 0. The van der Waals surface area contributed by atoms with Crippen molar-refractivity contribution in [3.8, 4) is 6.07 Å². The molecule has 0 aromatic carbocycles. The smallest absolute Gasteiger partial charge is 0.242 e. The molecular formula is C15H19N3OS. The van der Waals surface area contributed by atoms with Gasteiger partial charge in [0.2, 0.25) is 5.91 Å². The summed E-state index contributed by atoms with van der Waals surface area (Å²) in [4.78, 5) is 13.5. The Hall–Kier alpha value is -1.38. The molecular weight excluding hydrogens is 270 g/mol. The lowest BCUT2D eigenvalue weighted by molar-refractivity contribution is -0.117. The van der Waals surface area contributed by atoms with Crippen molar-refractivity contribution in [2.45, 2.75) is 45.1 Å². The number of fused-ring (bicyclic) bond motifs is 1. The first-order valence-electron chi connectivity index (χ1n) is 7.28. The summed E-state index contributed by atoms with van der Waals surface area (Å²) in [6.45, 7) is 3.15. The van der Waals surface area contributed by atoms with Crippen LogP contribution < -0.4 is 10.6 Å². The number of nitriles is 1. The van der Waals surface area contributed by atoms with Crippen molar-refractivity contribution >= 4 is 22.2 Å². The van der Waals surface area contributed by atoms with Crippen LogP contribution in [0.3, 0.4) is 0 Å². The number of thiophene rings is 1. The fourth-order valence-corrected chi connectivity index (χ4v) is 4.43. The van der Waals surface area contributed by atoms with Gasteiger partial charge < -0.3 is 10.6 Å². The van der Waals surface area contributed by atoms with Crippen LogP contribution in [0.25, 0.3) is 0 Å². The van der Waals surface area contributed by atoms with Crippen molar-refractivity contribution in [1.82, 2.24) is 5.32 Å². The maximum absolute atomic E-state index is 12.2. The molecule has 1 aliphatic heterocycles. The Morgan fingerprint density at radius 2 is 2.35 bits per heavy atom. The number of hydrogen-bond acceptors (Lipinski definition) is 4. The minimum atomic E-state index is -0.0976. The molecule has 2 heterocycles. The van der Waals surface area contributed by atoms with Gasteiger partial charge in [-0.2, -0.15) is 5.26 Å². The number of rotatable bonds is 2. The van der Waals surface area contributed by atoms with E-state index in [9.17, 15) is 10.1 Å². The number of hydrogen-bond donors (Lipinski definition) is 2. The highest BCUT2D eigenvalue weighted by atomic mass is 32.1. The lowest BCUT2D eigenvalue weighted by Crippen LogP contribution is -2.35. The van der Waals surface area contributed by atoms with Gasteiger partial charge in [-0.05, 0) is 50.1 Å². The average molecular weight is 289 g/mol. The van der Waals surface area contributed by atoms with Crippen molar-refractivity contribution < 1.29 is 4.79 Å². The van der Waals surface area contributed by atoms with Gasteiger partial charge in [-0.15, -0.1) is 11.3 Å². The lowest BCUT2D eigenvalue weighted by Gasteiger charge is -2.17. The standard InChI is InChI=1S/C15H19N3OS/c1-9-4-5-10-11(8-16)15(20-13(10)7-9)18-14(19)12-3-2-6-17-12/h9,12,17H,2-7H2,1H3,(H,18,19). The van der Waals surface area contributed by atoms with Crippen LogP contribution in [0.2, 0.25) is 0 Å². The van der Waals surface area contributed by atoms with Gasteiger partial charge in [0.05, 0.1) is 11.6 Å². The predicted molar refractivity (Wildman–Crippen MR) is 79.9 cm³/mol. The van der Waals surface area contributed by atoms with Crippen LogP contribution >= 0.6 is 11.3 Å². The fourth-order valence-electron chi connectivity index (χ4n) is 3.06. The van der Waals surface area contributed by atoms with E-state index in [4.69, 9.17) is 0 Å². The molecule has 5 heteroatoms. The van der Waals surface area contributed by atoms with Crippen LogP contribution in [0.15, 0.2) is 0 Å². The van der Waals surface area contributed by atoms with E-state index < -0.39 is 0 Å². The van der Waals surface area contributed by atoms with Crippen LogP contribution in [0.4, 0.5) is 5.00 Å². The summed E-state index contributed by atoms with van der Waals surface area (Å²) in [5.74, 6) is 0.679. The molecule has 0 radical (unpaired) electrons. The Morgan fingerprint density at radius 3 is 3.05 bits per heavy atom. The Morgan fingerprint density at radius 1 is 1.50 bits per heavy atom. The second-order valence-corrected chi connectivity index (χ2v) is 6.91. The molecule has 1 fully saturated rings. The molecule has 1 aromatic heterocycles. The Balaban J connectivity index is 1.83. The summed E-state index contributed by atoms with van der Waals surface area (Å²) in [5, 5.41) is 16.3. The number of nitrogens with one attached hydrogen (secondary N) is 2. The van der Waals surface area contributed by atoms with E-state index in [-0.39, 0.29) is 11.9 Å². The first-order chi connectivity index (χ1) is 9.69. The van der Waals surface area contributed by atoms with Gasteiger partial charge in [-0.3, -0.25) is 4.79 Å². The van der Waals surface area contributed by atoms with Gasteiger partial charge in [0, 0.05) is 4.88 Å². The highest BCUT2D eigenvalue weighted by molar-refractivity contribution is 7.16. The Kier molecular flexibility index (Phi) is 3.77. The van der Waals surface area contributed by atoms with Gasteiger partial charge in [0.25, 0.3) is 0 Å². The molecule has 2 N–H and O–H groups in total. The molecule has 2 unspecified atom stereocenters. The third-order valence-electron chi connectivity index (χ3n) is 4.24. The first-order valence-corrected chi connectivity index (χ1v) is 8.09. The van der Waals surface area contributed by atoms with Crippen molar-refractivity contribution in [1.29, 1.82) is 5.26 Å². The number of nitrogens with zero attached hydrogens (tertiary/aromatic N) is 1. The van der Waals surface area contributed by atoms with E-state index in [1.54, 1.807) is 11.3 Å². The molecule has 1 aromatic rings.